The van der Waals surface area contributed by atoms with Crippen LogP contribution < -0.4 is 27.6 Å². The number of nitrogens with two attached hydrogens (primary N) is 1. The Morgan fingerprint density at radius 3 is 2.55 bits per heavy atom. The zero-order valence-corrected chi connectivity index (χ0v) is 16.0. The number of carbonyl (C=O) groups is 3. The topological polar surface area (TPSA) is 186 Å². The molecular weight excluding hydrogens is 386 g/mol. The molecule has 0 fully saturated rings. The van der Waals surface area contributed by atoms with Crippen LogP contribution in [0.5, 0.6) is 0 Å². The van der Waals surface area contributed by atoms with Crippen LogP contribution in [0.3, 0.4) is 0 Å². The van der Waals surface area contributed by atoms with E-state index in [1.807, 2.05) is 0 Å². The second-order valence-electron chi connectivity index (χ2n) is 6.32. The molecule has 0 aliphatic heterocycles. The SMILES string of the molecule is NC(=O)NCCC[C@@H](NC(=O)OCCCCCCn1ccc(=O)[nH]c1=O)C(=O)O. The number of carbonyl (C=O) groups excluding carboxylic acids is 2. The standard InChI is InChI=1S/C17H27N5O7/c18-15(26)19-8-5-6-12(14(24)25)20-17(28)29-11-4-2-1-3-9-22-10-7-13(23)21-16(22)27/h7,10,12H,1-6,8-9,11H2,(H,20,28)(H,24,25)(H3,18,19,26)(H,21,23,27)/t12-/m1/s1. The summed E-state index contributed by atoms with van der Waals surface area (Å²) in [6, 6.07) is -0.533. The van der Waals surface area contributed by atoms with Gasteiger partial charge in [-0.1, -0.05) is 6.42 Å². The van der Waals surface area contributed by atoms with Gasteiger partial charge in [0.05, 0.1) is 6.61 Å². The number of ether oxygens (including phenoxy) is 1. The van der Waals surface area contributed by atoms with E-state index in [0.717, 1.165) is 19.3 Å². The van der Waals surface area contributed by atoms with Gasteiger partial charge in [0, 0.05) is 25.4 Å². The quantitative estimate of drug-likeness (QED) is 0.275. The zero-order valence-electron chi connectivity index (χ0n) is 16.0. The van der Waals surface area contributed by atoms with E-state index in [-0.39, 0.29) is 19.6 Å². The average molecular weight is 413 g/mol. The van der Waals surface area contributed by atoms with Crippen LogP contribution in [0.4, 0.5) is 9.59 Å². The van der Waals surface area contributed by atoms with Crippen molar-refractivity contribution < 1.29 is 24.2 Å². The van der Waals surface area contributed by atoms with E-state index in [1.165, 1.54) is 16.8 Å². The summed E-state index contributed by atoms with van der Waals surface area (Å²) in [6.45, 7) is 0.822. The third-order valence-electron chi connectivity index (χ3n) is 3.98. The molecule has 0 spiro atoms. The lowest BCUT2D eigenvalue weighted by Crippen LogP contribution is -2.41. The van der Waals surface area contributed by atoms with Crippen molar-refractivity contribution in [2.75, 3.05) is 13.2 Å². The number of aryl methyl sites for hydroxylation is 1. The Labute approximate surface area is 166 Å². The molecule has 0 saturated heterocycles. The van der Waals surface area contributed by atoms with Gasteiger partial charge >= 0.3 is 23.8 Å². The molecule has 0 aliphatic rings. The fourth-order valence-electron chi connectivity index (χ4n) is 2.48. The minimum atomic E-state index is -1.20. The van der Waals surface area contributed by atoms with Crippen LogP contribution in [0.15, 0.2) is 21.9 Å². The molecule has 162 valence electrons. The number of nitrogens with one attached hydrogen (secondary N) is 3. The second kappa shape index (κ2) is 13.0. The summed E-state index contributed by atoms with van der Waals surface area (Å²) in [5.74, 6) is -1.20. The number of unbranched alkanes of at least 4 members (excludes halogenated alkanes) is 3. The number of hydrogen-bond donors (Lipinski definition) is 5. The number of rotatable bonds is 13. The fourth-order valence-corrected chi connectivity index (χ4v) is 2.48. The third kappa shape index (κ3) is 10.6. The van der Waals surface area contributed by atoms with Gasteiger partial charge in [-0.15, -0.1) is 0 Å². The van der Waals surface area contributed by atoms with Crippen molar-refractivity contribution in [3.8, 4) is 0 Å². The molecule has 0 bridgehead atoms. The Morgan fingerprint density at radius 2 is 1.90 bits per heavy atom. The van der Waals surface area contributed by atoms with Crippen LogP contribution in [-0.4, -0.2) is 51.9 Å². The minimum Gasteiger partial charge on any atom is -0.480 e. The molecule has 1 heterocycles. The van der Waals surface area contributed by atoms with Crippen LogP contribution in [0, 0.1) is 0 Å². The number of alkyl carbamates (subject to hydrolysis) is 1. The summed E-state index contributed by atoms with van der Waals surface area (Å²) in [4.78, 5) is 58.0. The summed E-state index contributed by atoms with van der Waals surface area (Å²) in [7, 11) is 0. The number of carboxylic acids is 1. The maximum absolute atomic E-state index is 11.7. The maximum Gasteiger partial charge on any atom is 0.407 e. The molecule has 1 rings (SSSR count). The van der Waals surface area contributed by atoms with Crippen LogP contribution in [0.25, 0.3) is 0 Å². The van der Waals surface area contributed by atoms with Gasteiger partial charge in [-0.3, -0.25) is 9.78 Å². The van der Waals surface area contributed by atoms with Crippen LogP contribution in [-0.2, 0) is 16.1 Å². The number of amides is 3. The molecule has 12 nitrogen and oxygen atoms in total. The second-order valence-corrected chi connectivity index (χ2v) is 6.32. The molecule has 12 heteroatoms. The van der Waals surface area contributed by atoms with Gasteiger partial charge < -0.3 is 30.8 Å². The smallest absolute Gasteiger partial charge is 0.407 e. The highest BCUT2D eigenvalue weighted by molar-refractivity contribution is 5.79. The van der Waals surface area contributed by atoms with E-state index in [1.54, 1.807) is 0 Å². The lowest BCUT2D eigenvalue weighted by molar-refractivity contribution is -0.139. The summed E-state index contributed by atoms with van der Waals surface area (Å²) < 4.78 is 6.38. The van der Waals surface area contributed by atoms with E-state index in [2.05, 4.69) is 15.6 Å². The van der Waals surface area contributed by atoms with Crippen LogP contribution in [0.2, 0.25) is 0 Å². The van der Waals surface area contributed by atoms with Gasteiger partial charge in [-0.05, 0) is 32.1 Å². The van der Waals surface area contributed by atoms with Crippen molar-refractivity contribution in [1.82, 2.24) is 20.2 Å². The molecule has 29 heavy (non-hydrogen) atoms. The maximum atomic E-state index is 11.7. The van der Waals surface area contributed by atoms with E-state index in [9.17, 15) is 24.0 Å². The van der Waals surface area contributed by atoms with Crippen molar-refractivity contribution in [1.29, 1.82) is 0 Å². The third-order valence-corrected chi connectivity index (χ3v) is 3.98. The molecule has 6 N–H and O–H groups in total. The van der Waals surface area contributed by atoms with Crippen molar-refractivity contribution in [3.63, 3.8) is 0 Å². The molecule has 1 aromatic rings. The molecular formula is C17H27N5O7. The van der Waals surface area contributed by atoms with Crippen molar-refractivity contribution in [2.45, 2.75) is 51.1 Å². The monoisotopic (exact) mass is 413 g/mol. The summed E-state index contributed by atoms with van der Waals surface area (Å²) in [5.41, 5.74) is 4.02. The number of primary amides is 1. The summed E-state index contributed by atoms with van der Waals surface area (Å²) >= 11 is 0. The van der Waals surface area contributed by atoms with E-state index >= 15 is 0 Å². The van der Waals surface area contributed by atoms with Gasteiger partial charge in [0.1, 0.15) is 6.04 Å². The number of H-pyrrole nitrogens is 1. The van der Waals surface area contributed by atoms with Crippen molar-refractivity contribution in [3.05, 3.63) is 33.1 Å². The first-order valence-electron chi connectivity index (χ1n) is 9.28. The molecule has 0 radical (unpaired) electrons. The number of aromatic amines is 1. The van der Waals surface area contributed by atoms with E-state index < -0.39 is 35.4 Å². The highest BCUT2D eigenvalue weighted by Gasteiger charge is 2.20. The molecule has 0 unspecified atom stereocenters. The molecule has 1 aromatic heterocycles. The fraction of sp³-hybridized carbons (Fsp3) is 0.588. The number of aromatic nitrogens is 2. The van der Waals surface area contributed by atoms with E-state index in [4.69, 9.17) is 15.6 Å². The molecule has 0 aliphatic carbocycles. The first-order valence-corrected chi connectivity index (χ1v) is 9.28. The van der Waals surface area contributed by atoms with Crippen LogP contribution in [0.1, 0.15) is 38.5 Å². The predicted octanol–water partition coefficient (Wildman–Crippen LogP) is -0.275. The number of urea groups is 1. The van der Waals surface area contributed by atoms with E-state index in [0.29, 0.717) is 19.4 Å². The molecule has 0 aromatic carbocycles. The summed E-state index contributed by atoms with van der Waals surface area (Å²) in [5, 5.41) is 13.7. The number of hydrogen-bond acceptors (Lipinski definition) is 6. The van der Waals surface area contributed by atoms with Gasteiger partial charge in [-0.2, -0.15) is 0 Å². The Balaban J connectivity index is 2.15. The van der Waals surface area contributed by atoms with Crippen molar-refractivity contribution >= 4 is 18.1 Å². The summed E-state index contributed by atoms with van der Waals surface area (Å²) in [6.07, 6.45) is 3.94. The number of aliphatic carboxylic acids is 1. The minimum absolute atomic E-state index is 0.120. The molecule has 1 atom stereocenters. The number of nitrogens with zero attached hydrogens (tertiary/aromatic N) is 1. The lowest BCUT2D eigenvalue weighted by atomic mass is 10.1. The average Bonchev–Trinajstić information content (AvgIpc) is 2.64. The number of carboxylic acid groups (broad SMARTS) is 1. The van der Waals surface area contributed by atoms with Gasteiger partial charge in [0.15, 0.2) is 0 Å². The Bertz CT molecular complexity index is 789. The largest absolute Gasteiger partial charge is 0.480 e. The lowest BCUT2D eigenvalue weighted by Gasteiger charge is -2.14. The molecule has 3 amide bonds. The predicted molar refractivity (Wildman–Crippen MR) is 103 cm³/mol. The van der Waals surface area contributed by atoms with Crippen LogP contribution >= 0.6 is 0 Å². The molecule has 0 saturated carbocycles. The zero-order chi connectivity index (χ0) is 21.6. The normalized spacial score (nSPS) is 11.4. The Kier molecular flexibility index (Phi) is 10.6. The van der Waals surface area contributed by atoms with Gasteiger partial charge in [-0.25, -0.2) is 19.2 Å². The highest BCUT2D eigenvalue weighted by Crippen LogP contribution is 2.02. The van der Waals surface area contributed by atoms with Gasteiger partial charge in [0.25, 0.3) is 5.56 Å². The first kappa shape index (κ1) is 23.7. The van der Waals surface area contributed by atoms with Gasteiger partial charge in [0.2, 0.25) is 0 Å². The first-order chi connectivity index (χ1) is 13.8. The Morgan fingerprint density at radius 1 is 1.17 bits per heavy atom. The highest BCUT2D eigenvalue weighted by atomic mass is 16.5. The van der Waals surface area contributed by atoms with Crippen molar-refractivity contribution in [2.24, 2.45) is 5.73 Å². The Hall–Kier alpha value is -3.31.